The fourth-order valence-electron chi connectivity index (χ4n) is 8.11. The number of carboxylic acids is 3. The van der Waals surface area contributed by atoms with E-state index in [2.05, 4.69) is 6.92 Å². The van der Waals surface area contributed by atoms with Gasteiger partial charge in [-0.1, -0.05) is 6.92 Å². The third-order valence-corrected chi connectivity index (χ3v) is 9.09. The molecule has 0 radical (unpaired) electrons. The first kappa shape index (κ1) is 18.7. The molecule has 0 amide bonds. The summed E-state index contributed by atoms with van der Waals surface area (Å²) in [6, 6.07) is 0. The average Bonchev–Trinajstić information content (AvgIpc) is 2.99. The van der Waals surface area contributed by atoms with Gasteiger partial charge in [-0.05, 0) is 68.6 Å². The minimum Gasteiger partial charge on any atom is -0.481 e. The number of hydrogen-bond donors (Lipinski definition) is 4. The molecule has 0 aromatic heterocycles. The summed E-state index contributed by atoms with van der Waals surface area (Å²) >= 11 is 0. The first-order valence-electron chi connectivity index (χ1n) is 9.91. The molecule has 4 fully saturated rings. The van der Waals surface area contributed by atoms with Gasteiger partial charge in [-0.2, -0.15) is 0 Å². The molecule has 0 saturated heterocycles. The fourth-order valence-corrected chi connectivity index (χ4v) is 8.11. The smallest absolute Gasteiger partial charge is 0.312 e. The van der Waals surface area contributed by atoms with Crippen molar-refractivity contribution in [3.8, 4) is 0 Å². The van der Waals surface area contributed by atoms with Gasteiger partial charge >= 0.3 is 17.9 Å². The molecule has 4 rings (SSSR count). The predicted octanol–water partition coefficient (Wildman–Crippen LogP) is 2.08. The third kappa shape index (κ3) is 1.94. The van der Waals surface area contributed by atoms with E-state index in [-0.39, 0.29) is 18.8 Å². The first-order chi connectivity index (χ1) is 12.5. The van der Waals surface area contributed by atoms with Crippen LogP contribution in [0.4, 0.5) is 0 Å². The number of aliphatic carboxylic acids is 3. The second-order valence-corrected chi connectivity index (χ2v) is 9.79. The maximum Gasteiger partial charge on any atom is 0.312 e. The van der Waals surface area contributed by atoms with Crippen LogP contribution in [-0.4, -0.2) is 44.4 Å². The van der Waals surface area contributed by atoms with Crippen LogP contribution < -0.4 is 0 Å². The lowest BCUT2D eigenvalue weighted by Gasteiger charge is -2.51. The van der Waals surface area contributed by atoms with Crippen molar-refractivity contribution in [1.29, 1.82) is 0 Å². The highest BCUT2D eigenvalue weighted by atomic mass is 16.4. The Morgan fingerprint density at radius 3 is 2.19 bits per heavy atom. The Kier molecular flexibility index (Phi) is 3.79. The zero-order valence-electron chi connectivity index (χ0n) is 15.7. The van der Waals surface area contributed by atoms with Gasteiger partial charge in [0.15, 0.2) is 0 Å². The Morgan fingerprint density at radius 1 is 0.963 bits per heavy atom. The zero-order valence-corrected chi connectivity index (χ0v) is 15.7. The van der Waals surface area contributed by atoms with Crippen LogP contribution in [0.2, 0.25) is 0 Å². The van der Waals surface area contributed by atoms with E-state index in [1.807, 2.05) is 0 Å². The van der Waals surface area contributed by atoms with Gasteiger partial charge in [0.1, 0.15) is 0 Å². The molecular weight excluding hydrogens is 352 g/mol. The van der Waals surface area contributed by atoms with Crippen molar-refractivity contribution in [2.24, 2.45) is 45.8 Å². The Labute approximate surface area is 157 Å². The summed E-state index contributed by atoms with van der Waals surface area (Å²) in [7, 11) is 0. The summed E-state index contributed by atoms with van der Waals surface area (Å²) < 4.78 is 0. The van der Waals surface area contributed by atoms with Crippen LogP contribution in [0.3, 0.4) is 0 Å². The molecule has 0 aromatic carbocycles. The molecule has 0 aliphatic heterocycles. The molecule has 4 aliphatic carbocycles. The zero-order chi connectivity index (χ0) is 19.9. The van der Waals surface area contributed by atoms with Gasteiger partial charge in [-0.25, -0.2) is 0 Å². The summed E-state index contributed by atoms with van der Waals surface area (Å²) in [6.45, 7) is 3.46. The van der Waals surface area contributed by atoms with Crippen molar-refractivity contribution in [3.05, 3.63) is 0 Å². The molecule has 0 aromatic rings. The lowest BCUT2D eigenvalue weighted by atomic mass is 9.51. The van der Waals surface area contributed by atoms with E-state index < -0.39 is 52.1 Å². The van der Waals surface area contributed by atoms with Crippen LogP contribution in [0.1, 0.15) is 52.4 Å². The number of aliphatic hydroxyl groups excluding tert-OH is 1. The topological polar surface area (TPSA) is 132 Å². The van der Waals surface area contributed by atoms with Gasteiger partial charge in [-0.3, -0.25) is 14.4 Å². The van der Waals surface area contributed by atoms with Crippen molar-refractivity contribution in [1.82, 2.24) is 0 Å². The van der Waals surface area contributed by atoms with E-state index in [1.54, 1.807) is 0 Å². The summed E-state index contributed by atoms with van der Waals surface area (Å²) in [4.78, 5) is 37.5. The van der Waals surface area contributed by atoms with Crippen molar-refractivity contribution in [3.63, 3.8) is 0 Å². The lowest BCUT2D eigenvalue weighted by Crippen LogP contribution is -2.60. The van der Waals surface area contributed by atoms with Gasteiger partial charge < -0.3 is 20.4 Å². The van der Waals surface area contributed by atoms with E-state index in [0.29, 0.717) is 31.1 Å². The van der Waals surface area contributed by atoms with Gasteiger partial charge in [-0.15, -0.1) is 0 Å². The highest BCUT2D eigenvalue weighted by molar-refractivity contribution is 5.86. The summed E-state index contributed by atoms with van der Waals surface area (Å²) in [5.41, 5.74) is -3.87. The second kappa shape index (κ2) is 5.46. The number of aliphatic hydroxyl groups is 1. The lowest BCUT2D eigenvalue weighted by molar-refractivity contribution is -0.191. The van der Waals surface area contributed by atoms with Crippen LogP contribution in [0.15, 0.2) is 0 Å². The molecule has 27 heavy (non-hydrogen) atoms. The van der Waals surface area contributed by atoms with Gasteiger partial charge in [0.05, 0.1) is 22.9 Å². The van der Waals surface area contributed by atoms with Gasteiger partial charge in [0, 0.05) is 5.92 Å². The molecular formula is C20H28O7. The summed E-state index contributed by atoms with van der Waals surface area (Å²) in [6.07, 6.45) is 1.77. The monoisotopic (exact) mass is 380 g/mol. The second-order valence-electron chi connectivity index (χ2n) is 9.79. The SMILES string of the molecule is C[C@@H]1C[C@]23C[C@H]1CC[C@H]2[C@]1(C(=O)O)CC[C@H](O)[C@@](C)(C(=O)O)[C@H]1[C@@H]3C(=O)O. The molecule has 0 heterocycles. The quantitative estimate of drug-likeness (QED) is 0.589. The predicted molar refractivity (Wildman–Crippen MR) is 92.7 cm³/mol. The maximum absolute atomic E-state index is 12.7. The number of hydrogen-bond acceptors (Lipinski definition) is 4. The molecule has 7 heteroatoms. The number of fused-ring (bicyclic) bond motifs is 3. The van der Waals surface area contributed by atoms with Crippen molar-refractivity contribution >= 4 is 17.9 Å². The van der Waals surface area contributed by atoms with Crippen LogP contribution >= 0.6 is 0 Å². The Hall–Kier alpha value is -1.63. The third-order valence-electron chi connectivity index (χ3n) is 9.09. The number of rotatable bonds is 3. The standard InChI is InChI=1S/C20H28O7/c1-9-7-19-8-10(9)3-4-11(19)20(17(26)27)6-5-12(21)18(2,16(24)25)14(20)13(19)15(22)23/h9-14,21H,3-8H2,1-2H3,(H,22,23)(H,24,25)(H,26,27)/t9-,10-,11-,12+,13-,14-,18-,19+,20-/m1/s1. The van der Waals surface area contributed by atoms with Crippen LogP contribution in [0, 0.1) is 45.8 Å². The largest absolute Gasteiger partial charge is 0.481 e. The van der Waals surface area contributed by atoms with Crippen LogP contribution in [0.5, 0.6) is 0 Å². The molecule has 1 spiro atoms. The fraction of sp³-hybridized carbons (Fsp3) is 0.850. The number of carbonyl (C=O) groups is 3. The van der Waals surface area contributed by atoms with E-state index in [9.17, 15) is 34.8 Å². The highest BCUT2D eigenvalue weighted by Gasteiger charge is 2.80. The summed E-state index contributed by atoms with van der Waals surface area (Å²) in [5.74, 6) is -5.32. The molecule has 4 aliphatic rings. The molecule has 150 valence electrons. The van der Waals surface area contributed by atoms with Crippen LogP contribution in [-0.2, 0) is 14.4 Å². The van der Waals surface area contributed by atoms with E-state index in [4.69, 9.17) is 0 Å². The van der Waals surface area contributed by atoms with E-state index in [1.165, 1.54) is 6.92 Å². The molecule has 9 atom stereocenters. The Bertz CT molecular complexity index is 715. The van der Waals surface area contributed by atoms with Crippen LogP contribution in [0.25, 0.3) is 0 Å². The van der Waals surface area contributed by atoms with Gasteiger partial charge in [0.2, 0.25) is 0 Å². The minimum atomic E-state index is -1.78. The molecule has 7 nitrogen and oxygen atoms in total. The van der Waals surface area contributed by atoms with Crippen molar-refractivity contribution in [2.45, 2.75) is 58.5 Å². The molecule has 4 N–H and O–H groups in total. The normalized spacial score (nSPS) is 53.4. The van der Waals surface area contributed by atoms with Gasteiger partial charge in [0.25, 0.3) is 0 Å². The Morgan fingerprint density at radius 2 is 1.63 bits per heavy atom. The maximum atomic E-state index is 12.7. The Balaban J connectivity index is 2.00. The van der Waals surface area contributed by atoms with Crippen molar-refractivity contribution < 1.29 is 34.8 Å². The minimum absolute atomic E-state index is 0.0729. The molecule has 4 saturated carbocycles. The number of carboxylic acid groups (broad SMARTS) is 3. The van der Waals surface area contributed by atoms with E-state index in [0.717, 1.165) is 6.42 Å². The van der Waals surface area contributed by atoms with E-state index >= 15 is 0 Å². The first-order valence-corrected chi connectivity index (χ1v) is 9.91. The molecule has 2 bridgehead atoms. The highest BCUT2D eigenvalue weighted by Crippen LogP contribution is 2.77. The summed E-state index contributed by atoms with van der Waals surface area (Å²) in [5, 5.41) is 41.2. The average molecular weight is 380 g/mol. The van der Waals surface area contributed by atoms with Crippen molar-refractivity contribution in [2.75, 3.05) is 0 Å². The molecule has 0 unspecified atom stereocenters.